The maximum absolute atomic E-state index is 13.7. The van der Waals surface area contributed by atoms with Crippen molar-refractivity contribution in [2.45, 2.75) is 11.8 Å². The van der Waals surface area contributed by atoms with Gasteiger partial charge in [0.2, 0.25) is 10.0 Å². The summed E-state index contributed by atoms with van der Waals surface area (Å²) in [7, 11) is -4.00. The van der Waals surface area contributed by atoms with Crippen molar-refractivity contribution < 1.29 is 22.1 Å². The fraction of sp³-hybridized carbons (Fsp3) is 0.0909. The van der Waals surface area contributed by atoms with E-state index in [-0.39, 0.29) is 21.9 Å². The number of nitrogens with one attached hydrogen (secondary N) is 1. The molecule has 2 aromatic rings. The molecular weight excluding hydrogens is 289 g/mol. The zero-order valence-corrected chi connectivity index (χ0v) is 11.1. The van der Waals surface area contributed by atoms with E-state index in [9.17, 15) is 17.6 Å². The Balaban J connectivity index is 2.27. The fourth-order valence-electron chi connectivity index (χ4n) is 1.48. The van der Waals surface area contributed by atoms with Crippen LogP contribution in [0.2, 0.25) is 0 Å². The van der Waals surface area contributed by atoms with Crippen molar-refractivity contribution in [3.63, 3.8) is 0 Å². The second-order valence-corrected chi connectivity index (χ2v) is 5.50. The lowest BCUT2D eigenvalue weighted by Gasteiger charge is -2.06. The molecular formula is C11H10FN3O4S. The van der Waals surface area contributed by atoms with Crippen molar-refractivity contribution in [2.24, 2.45) is 5.14 Å². The van der Waals surface area contributed by atoms with Crippen LogP contribution in [0.3, 0.4) is 0 Å². The summed E-state index contributed by atoms with van der Waals surface area (Å²) in [6, 6.07) is 2.93. The molecule has 0 spiro atoms. The van der Waals surface area contributed by atoms with Gasteiger partial charge < -0.3 is 9.84 Å². The lowest BCUT2D eigenvalue weighted by atomic mass is 10.2. The highest BCUT2D eigenvalue weighted by atomic mass is 32.2. The van der Waals surface area contributed by atoms with E-state index in [0.29, 0.717) is 0 Å². The van der Waals surface area contributed by atoms with Gasteiger partial charge in [-0.2, -0.15) is 0 Å². The van der Waals surface area contributed by atoms with Gasteiger partial charge in [0, 0.05) is 0 Å². The SMILES string of the molecule is Cc1oncc1C(=O)Nc1ccc(S(N)(=O)=O)cc1F. The Morgan fingerprint density at radius 3 is 2.65 bits per heavy atom. The third kappa shape index (κ3) is 2.83. The minimum atomic E-state index is -4.00. The summed E-state index contributed by atoms with van der Waals surface area (Å²) < 4.78 is 40.5. The molecule has 20 heavy (non-hydrogen) atoms. The van der Waals surface area contributed by atoms with Crippen LogP contribution in [0.5, 0.6) is 0 Å². The number of halogens is 1. The number of aromatic nitrogens is 1. The molecule has 1 aromatic heterocycles. The Labute approximate surface area is 113 Å². The number of sulfonamides is 1. The number of anilines is 1. The predicted octanol–water partition coefficient (Wildman–Crippen LogP) is 1.02. The van der Waals surface area contributed by atoms with Crippen LogP contribution in [-0.2, 0) is 10.0 Å². The van der Waals surface area contributed by atoms with Gasteiger partial charge in [0.05, 0.1) is 16.8 Å². The topological polar surface area (TPSA) is 115 Å². The number of primary sulfonamides is 1. The second-order valence-electron chi connectivity index (χ2n) is 3.94. The Morgan fingerprint density at radius 1 is 1.45 bits per heavy atom. The molecule has 1 aromatic carbocycles. The number of amides is 1. The lowest BCUT2D eigenvalue weighted by molar-refractivity contribution is 0.102. The molecule has 1 amide bonds. The van der Waals surface area contributed by atoms with Gasteiger partial charge in [0.15, 0.2) is 0 Å². The Kier molecular flexibility index (Phi) is 3.55. The third-order valence-electron chi connectivity index (χ3n) is 2.51. The second kappa shape index (κ2) is 5.02. The van der Waals surface area contributed by atoms with Gasteiger partial charge in [-0.1, -0.05) is 5.16 Å². The van der Waals surface area contributed by atoms with Gasteiger partial charge in [-0.3, -0.25) is 4.79 Å². The van der Waals surface area contributed by atoms with Crippen molar-refractivity contribution in [3.05, 3.63) is 41.5 Å². The monoisotopic (exact) mass is 299 g/mol. The number of rotatable bonds is 3. The standard InChI is InChI=1S/C11H10FN3O4S/c1-6-8(5-14-19-6)11(16)15-10-3-2-7(4-9(10)12)20(13,17)18/h2-5H,1H3,(H,15,16)(H2,13,17,18). The smallest absolute Gasteiger partial charge is 0.260 e. The fourth-order valence-corrected chi connectivity index (χ4v) is 2.01. The number of benzene rings is 1. The van der Waals surface area contributed by atoms with E-state index in [1.165, 1.54) is 13.1 Å². The zero-order valence-electron chi connectivity index (χ0n) is 10.3. The Hall–Kier alpha value is -2.26. The first-order valence-corrected chi connectivity index (χ1v) is 6.88. The van der Waals surface area contributed by atoms with Crippen molar-refractivity contribution >= 4 is 21.6 Å². The van der Waals surface area contributed by atoms with Crippen molar-refractivity contribution in [2.75, 3.05) is 5.32 Å². The van der Waals surface area contributed by atoms with Crippen molar-refractivity contribution in [1.29, 1.82) is 0 Å². The molecule has 3 N–H and O–H groups in total. The van der Waals surface area contributed by atoms with Crippen LogP contribution in [-0.4, -0.2) is 19.5 Å². The highest BCUT2D eigenvalue weighted by Gasteiger charge is 2.16. The summed E-state index contributed by atoms with van der Waals surface area (Å²) in [5, 5.41) is 10.6. The number of hydrogen-bond donors (Lipinski definition) is 2. The van der Waals surface area contributed by atoms with E-state index >= 15 is 0 Å². The largest absolute Gasteiger partial charge is 0.361 e. The average Bonchev–Trinajstić information content (AvgIpc) is 2.76. The number of carbonyl (C=O) groups is 1. The van der Waals surface area contributed by atoms with Gasteiger partial charge in [0.1, 0.15) is 17.1 Å². The number of aryl methyl sites for hydroxylation is 1. The lowest BCUT2D eigenvalue weighted by Crippen LogP contribution is -2.15. The van der Waals surface area contributed by atoms with Crippen LogP contribution in [0.25, 0.3) is 0 Å². The molecule has 0 saturated heterocycles. The molecule has 0 bridgehead atoms. The molecule has 0 aliphatic rings. The minimum absolute atomic E-state index is 0.153. The minimum Gasteiger partial charge on any atom is -0.361 e. The van der Waals surface area contributed by atoms with E-state index < -0.39 is 21.7 Å². The van der Waals surface area contributed by atoms with Crippen LogP contribution in [0, 0.1) is 12.7 Å². The summed E-state index contributed by atoms with van der Waals surface area (Å²) in [4.78, 5) is 11.4. The number of nitrogens with zero attached hydrogens (tertiary/aromatic N) is 1. The first-order chi connectivity index (χ1) is 9.29. The van der Waals surface area contributed by atoms with Gasteiger partial charge >= 0.3 is 0 Å². The molecule has 0 atom stereocenters. The molecule has 1 heterocycles. The van der Waals surface area contributed by atoms with Crippen molar-refractivity contribution in [1.82, 2.24) is 5.16 Å². The molecule has 0 aliphatic carbocycles. The van der Waals surface area contributed by atoms with Gasteiger partial charge in [-0.25, -0.2) is 17.9 Å². The highest BCUT2D eigenvalue weighted by molar-refractivity contribution is 7.89. The molecule has 0 saturated carbocycles. The maximum Gasteiger partial charge on any atom is 0.260 e. The predicted molar refractivity (Wildman–Crippen MR) is 67.0 cm³/mol. The molecule has 106 valence electrons. The van der Waals surface area contributed by atoms with E-state index in [1.54, 1.807) is 0 Å². The number of nitrogens with two attached hydrogens (primary N) is 1. The van der Waals surface area contributed by atoms with E-state index in [0.717, 1.165) is 18.2 Å². The van der Waals surface area contributed by atoms with Crippen LogP contribution in [0.4, 0.5) is 10.1 Å². The normalized spacial score (nSPS) is 11.3. The Bertz CT molecular complexity index is 770. The molecule has 7 nitrogen and oxygen atoms in total. The first kappa shape index (κ1) is 14.2. The summed E-state index contributed by atoms with van der Waals surface area (Å²) in [6.07, 6.45) is 1.20. The van der Waals surface area contributed by atoms with Crippen LogP contribution >= 0.6 is 0 Å². The Morgan fingerprint density at radius 2 is 2.15 bits per heavy atom. The maximum atomic E-state index is 13.7. The van der Waals surface area contributed by atoms with Crippen LogP contribution in [0.15, 0.2) is 33.8 Å². The third-order valence-corrected chi connectivity index (χ3v) is 3.42. The summed E-state index contributed by atoms with van der Waals surface area (Å²) in [5.41, 5.74) is -0.0251. The van der Waals surface area contributed by atoms with E-state index in [4.69, 9.17) is 9.66 Å². The highest BCUT2D eigenvalue weighted by Crippen LogP contribution is 2.19. The van der Waals surface area contributed by atoms with Crippen LogP contribution < -0.4 is 10.5 Å². The summed E-state index contributed by atoms with van der Waals surface area (Å²) in [6.45, 7) is 1.53. The molecule has 2 rings (SSSR count). The molecule has 0 radical (unpaired) electrons. The number of carbonyl (C=O) groups excluding carboxylic acids is 1. The first-order valence-electron chi connectivity index (χ1n) is 5.34. The number of hydrogen-bond acceptors (Lipinski definition) is 5. The van der Waals surface area contributed by atoms with Gasteiger partial charge in [-0.05, 0) is 25.1 Å². The van der Waals surface area contributed by atoms with Gasteiger partial charge in [-0.15, -0.1) is 0 Å². The van der Waals surface area contributed by atoms with Crippen molar-refractivity contribution in [3.8, 4) is 0 Å². The molecule has 0 aliphatic heterocycles. The zero-order chi connectivity index (χ0) is 14.9. The molecule has 9 heteroatoms. The van der Waals surface area contributed by atoms with Gasteiger partial charge in [0.25, 0.3) is 5.91 Å². The average molecular weight is 299 g/mol. The molecule has 0 fully saturated rings. The quantitative estimate of drug-likeness (QED) is 0.878. The molecule has 0 unspecified atom stereocenters. The summed E-state index contributed by atoms with van der Waals surface area (Å²) in [5.74, 6) is -1.26. The van der Waals surface area contributed by atoms with E-state index in [1.807, 2.05) is 0 Å². The van der Waals surface area contributed by atoms with Crippen LogP contribution in [0.1, 0.15) is 16.1 Å². The summed E-state index contributed by atoms with van der Waals surface area (Å²) >= 11 is 0. The van der Waals surface area contributed by atoms with E-state index in [2.05, 4.69) is 10.5 Å².